The van der Waals surface area contributed by atoms with Gasteiger partial charge in [-0.15, -0.1) is 0 Å². The number of amides is 2. The van der Waals surface area contributed by atoms with E-state index in [1.807, 2.05) is 4.90 Å². The van der Waals surface area contributed by atoms with Gasteiger partial charge in [-0.25, -0.2) is 9.78 Å². The minimum absolute atomic E-state index is 0.0329. The van der Waals surface area contributed by atoms with Crippen LogP contribution in [0.25, 0.3) is 0 Å². The number of hydrogen-bond acceptors (Lipinski definition) is 6. The Kier molecular flexibility index (Phi) is 4.42. The summed E-state index contributed by atoms with van der Waals surface area (Å²) in [5.74, 6) is 0.694. The van der Waals surface area contributed by atoms with Gasteiger partial charge in [-0.1, -0.05) is 0 Å². The van der Waals surface area contributed by atoms with Crippen LogP contribution in [0.3, 0.4) is 0 Å². The van der Waals surface area contributed by atoms with Gasteiger partial charge in [0, 0.05) is 39.6 Å². The molecule has 8 nitrogen and oxygen atoms in total. The third-order valence-corrected chi connectivity index (χ3v) is 5.60. The molecule has 0 aliphatic carbocycles. The Labute approximate surface area is 153 Å². The predicted octanol–water partition coefficient (Wildman–Crippen LogP) is 1.52. The number of ether oxygens (including phenoxy) is 1. The lowest BCUT2D eigenvalue weighted by molar-refractivity contribution is 0.0472. The Bertz CT molecular complexity index is 706. The van der Waals surface area contributed by atoms with E-state index in [2.05, 4.69) is 14.9 Å². The van der Waals surface area contributed by atoms with E-state index in [-0.39, 0.29) is 12.0 Å². The Balaban J connectivity index is 1.47. The lowest BCUT2D eigenvalue weighted by Gasteiger charge is -2.25. The van der Waals surface area contributed by atoms with Crippen LogP contribution in [0.15, 0.2) is 12.4 Å². The van der Waals surface area contributed by atoms with Crippen molar-refractivity contribution in [3.05, 3.63) is 18.1 Å². The first kappa shape index (κ1) is 17.1. The third kappa shape index (κ3) is 3.20. The van der Waals surface area contributed by atoms with E-state index in [1.54, 1.807) is 24.3 Å². The highest BCUT2D eigenvalue weighted by Gasteiger charge is 2.44. The number of aromatic nitrogens is 2. The molecule has 2 amide bonds. The Morgan fingerprint density at radius 3 is 2.65 bits per heavy atom. The average molecular weight is 359 g/mol. The topological polar surface area (TPSA) is 78.9 Å². The zero-order valence-electron chi connectivity index (χ0n) is 15.2. The molecule has 1 atom stereocenters. The summed E-state index contributed by atoms with van der Waals surface area (Å²) in [6.07, 6.45) is 7.65. The Hall–Kier alpha value is -2.38. The van der Waals surface area contributed by atoms with Crippen LogP contribution in [0.4, 0.5) is 10.6 Å². The zero-order valence-corrected chi connectivity index (χ0v) is 15.2. The molecule has 0 radical (unpaired) electrons. The van der Waals surface area contributed by atoms with E-state index < -0.39 is 5.60 Å². The van der Waals surface area contributed by atoms with Crippen LogP contribution < -0.4 is 4.90 Å². The van der Waals surface area contributed by atoms with Crippen LogP contribution >= 0.6 is 0 Å². The molecule has 140 valence electrons. The minimum atomic E-state index is -0.392. The number of anilines is 1. The standard InChI is InChI=1S/C18H25N5O3/c1-21-13-18(26-17(21)25)5-4-9-22(10-6-18)15-12-19-11-14(20-15)16(24)23-7-2-3-8-23/h11-12H,2-10,13H2,1H3. The fourth-order valence-electron chi connectivity index (χ4n) is 4.14. The molecule has 1 spiro atoms. The normalized spacial score (nSPS) is 26.3. The van der Waals surface area contributed by atoms with Crippen molar-refractivity contribution < 1.29 is 14.3 Å². The van der Waals surface area contributed by atoms with Gasteiger partial charge in [0.1, 0.15) is 17.1 Å². The first-order valence-electron chi connectivity index (χ1n) is 9.37. The molecule has 1 aromatic rings. The van der Waals surface area contributed by atoms with Gasteiger partial charge in [0.05, 0.1) is 18.9 Å². The zero-order chi connectivity index (χ0) is 18.1. The van der Waals surface area contributed by atoms with E-state index in [9.17, 15) is 9.59 Å². The van der Waals surface area contributed by atoms with Gasteiger partial charge in [-0.2, -0.15) is 0 Å². The summed E-state index contributed by atoms with van der Waals surface area (Å²) in [6.45, 7) is 3.79. The highest BCUT2D eigenvalue weighted by molar-refractivity contribution is 5.92. The Morgan fingerprint density at radius 2 is 1.92 bits per heavy atom. The maximum atomic E-state index is 12.6. The second-order valence-corrected chi connectivity index (χ2v) is 7.51. The molecule has 3 aliphatic heterocycles. The number of carbonyl (C=O) groups excluding carboxylic acids is 2. The van der Waals surface area contributed by atoms with Crippen molar-refractivity contribution in [2.75, 3.05) is 44.7 Å². The molecule has 4 rings (SSSR count). The molecule has 0 bridgehead atoms. The first-order valence-corrected chi connectivity index (χ1v) is 9.37. The smallest absolute Gasteiger partial charge is 0.410 e. The maximum Gasteiger partial charge on any atom is 0.410 e. The SMILES string of the molecule is CN1CC2(CCCN(c3cncc(C(=O)N4CCCC4)n3)CC2)OC1=O. The van der Waals surface area contributed by atoms with Crippen molar-refractivity contribution in [1.29, 1.82) is 0 Å². The van der Waals surface area contributed by atoms with Crippen LogP contribution in [-0.4, -0.2) is 77.1 Å². The highest BCUT2D eigenvalue weighted by atomic mass is 16.6. The van der Waals surface area contributed by atoms with Gasteiger partial charge < -0.3 is 19.4 Å². The lowest BCUT2D eigenvalue weighted by atomic mass is 9.95. The summed E-state index contributed by atoms with van der Waals surface area (Å²) < 4.78 is 5.66. The fourth-order valence-corrected chi connectivity index (χ4v) is 4.14. The Morgan fingerprint density at radius 1 is 1.12 bits per heavy atom. The van der Waals surface area contributed by atoms with Crippen LogP contribution in [0.5, 0.6) is 0 Å². The number of nitrogens with zero attached hydrogens (tertiary/aromatic N) is 5. The summed E-state index contributed by atoms with van der Waals surface area (Å²) in [6, 6.07) is 0. The lowest BCUT2D eigenvalue weighted by Crippen LogP contribution is -2.35. The van der Waals surface area contributed by atoms with Crippen molar-refractivity contribution >= 4 is 17.8 Å². The summed E-state index contributed by atoms with van der Waals surface area (Å²) in [5.41, 5.74) is 0.0205. The van der Waals surface area contributed by atoms with Gasteiger partial charge in [0.25, 0.3) is 5.91 Å². The second-order valence-electron chi connectivity index (χ2n) is 7.51. The minimum Gasteiger partial charge on any atom is -0.441 e. The molecule has 3 saturated heterocycles. The van der Waals surface area contributed by atoms with Gasteiger partial charge in [0.2, 0.25) is 0 Å². The average Bonchev–Trinajstić information content (AvgIpc) is 3.21. The van der Waals surface area contributed by atoms with Gasteiger partial charge in [-0.3, -0.25) is 9.78 Å². The third-order valence-electron chi connectivity index (χ3n) is 5.60. The summed E-state index contributed by atoms with van der Waals surface area (Å²) in [5, 5.41) is 0. The number of carbonyl (C=O) groups is 2. The second kappa shape index (κ2) is 6.74. The van der Waals surface area contributed by atoms with Gasteiger partial charge >= 0.3 is 6.09 Å². The largest absolute Gasteiger partial charge is 0.441 e. The molecule has 3 fully saturated rings. The van der Waals surface area contributed by atoms with Crippen LogP contribution in [0.1, 0.15) is 42.6 Å². The predicted molar refractivity (Wildman–Crippen MR) is 95.1 cm³/mol. The quantitative estimate of drug-likeness (QED) is 0.797. The molecule has 1 unspecified atom stereocenters. The first-order chi connectivity index (χ1) is 12.6. The fraction of sp³-hybridized carbons (Fsp3) is 0.667. The maximum absolute atomic E-state index is 12.6. The van der Waals surface area contributed by atoms with E-state index in [4.69, 9.17) is 4.74 Å². The van der Waals surface area contributed by atoms with Crippen molar-refractivity contribution in [2.45, 2.75) is 37.7 Å². The summed E-state index contributed by atoms with van der Waals surface area (Å²) >= 11 is 0. The number of likely N-dealkylation sites (N-methyl/N-ethyl adjacent to an activating group) is 1. The van der Waals surface area contributed by atoms with Crippen LogP contribution in [-0.2, 0) is 4.74 Å². The van der Waals surface area contributed by atoms with Crippen molar-refractivity contribution in [2.24, 2.45) is 0 Å². The van der Waals surface area contributed by atoms with Crippen molar-refractivity contribution in [3.63, 3.8) is 0 Å². The summed E-state index contributed by atoms with van der Waals surface area (Å²) in [7, 11) is 1.78. The molecule has 4 heterocycles. The highest BCUT2D eigenvalue weighted by Crippen LogP contribution is 2.33. The van der Waals surface area contributed by atoms with Crippen molar-refractivity contribution in [1.82, 2.24) is 19.8 Å². The number of hydrogen-bond donors (Lipinski definition) is 0. The van der Waals surface area contributed by atoms with Crippen LogP contribution in [0, 0.1) is 0 Å². The molecule has 1 aromatic heterocycles. The molecule has 26 heavy (non-hydrogen) atoms. The van der Waals surface area contributed by atoms with E-state index in [0.717, 1.165) is 64.1 Å². The molecule has 0 N–H and O–H groups in total. The summed E-state index contributed by atoms with van der Waals surface area (Å²) in [4.78, 5) is 38.8. The van der Waals surface area contributed by atoms with E-state index in [0.29, 0.717) is 12.2 Å². The van der Waals surface area contributed by atoms with E-state index in [1.165, 1.54) is 0 Å². The van der Waals surface area contributed by atoms with Crippen LogP contribution in [0.2, 0.25) is 0 Å². The van der Waals surface area contributed by atoms with E-state index >= 15 is 0 Å². The monoisotopic (exact) mass is 359 g/mol. The molecule has 8 heteroatoms. The number of likely N-dealkylation sites (tertiary alicyclic amines) is 1. The van der Waals surface area contributed by atoms with Gasteiger partial charge in [-0.05, 0) is 25.7 Å². The van der Waals surface area contributed by atoms with Crippen molar-refractivity contribution in [3.8, 4) is 0 Å². The molecule has 0 aromatic carbocycles. The molecular weight excluding hydrogens is 334 g/mol. The number of rotatable bonds is 2. The van der Waals surface area contributed by atoms with Gasteiger partial charge in [0.15, 0.2) is 0 Å². The molecule has 0 saturated carbocycles. The molecular formula is C18H25N5O3. The molecule has 3 aliphatic rings.